The molecule has 6 rings (SSSR count). The molecule has 2 fully saturated rings. The van der Waals surface area contributed by atoms with E-state index in [1.165, 1.54) is 13.0 Å². The number of ether oxygens (including phenoxy) is 3. The number of carbonyl (C=O) groups excluding carboxylic acids is 3. The Bertz CT molecular complexity index is 2190. The van der Waals surface area contributed by atoms with E-state index in [1.807, 2.05) is 43.1 Å². The molecule has 20 heteroatoms. The second-order valence-corrected chi connectivity index (χ2v) is 15.1. The number of amides is 2. The Balaban J connectivity index is 1.02. The van der Waals surface area contributed by atoms with Crippen molar-refractivity contribution in [1.29, 1.82) is 0 Å². The van der Waals surface area contributed by atoms with Gasteiger partial charge in [0.05, 0.1) is 11.7 Å². The number of likely N-dealkylation sites (N-methyl/N-ethyl adjacent to an activating group) is 1. The maximum Gasteiger partial charge on any atom is 0.479 e. The number of anilines is 2. The summed E-state index contributed by atoms with van der Waals surface area (Å²) in [5.74, 6) is -0.243. The van der Waals surface area contributed by atoms with E-state index >= 15 is 0 Å². The average molecular weight is 851 g/mol. The summed E-state index contributed by atoms with van der Waals surface area (Å²) in [5, 5.41) is 14.2. The molecule has 2 saturated heterocycles. The van der Waals surface area contributed by atoms with Crippen LogP contribution in [0.1, 0.15) is 81.5 Å². The normalized spacial score (nSPS) is 16.9. The molecule has 0 bridgehead atoms. The first-order chi connectivity index (χ1) is 29.3. The van der Waals surface area contributed by atoms with Crippen LogP contribution in [-0.4, -0.2) is 101 Å². The number of piperidine rings is 1. The van der Waals surface area contributed by atoms with Gasteiger partial charge in [-0.15, -0.1) is 0 Å². The maximum atomic E-state index is 14.3. The summed E-state index contributed by atoms with van der Waals surface area (Å²) in [6.07, 6.45) is -3.49. The number of carbonyl (C=O) groups is 3. The van der Waals surface area contributed by atoms with Gasteiger partial charge in [-0.2, -0.15) is 13.2 Å². The number of esters is 1. The third kappa shape index (κ3) is 11.6. The number of alkyl halides is 3. The number of nitrogens with one attached hydrogen (secondary N) is 1. The zero-order valence-corrected chi connectivity index (χ0v) is 34.5. The molecule has 326 valence electrons. The largest absolute Gasteiger partial charge is 0.492 e. The number of hydrogen-bond donors (Lipinski definition) is 1. The first-order valence-electron chi connectivity index (χ1n) is 20.4. The number of hydrogen-bond acceptors (Lipinski definition) is 11. The number of piperazine rings is 1. The summed E-state index contributed by atoms with van der Waals surface area (Å²) in [6.45, 7) is 7.30. The van der Waals surface area contributed by atoms with Crippen molar-refractivity contribution in [3.05, 3.63) is 88.1 Å². The highest BCUT2D eigenvalue weighted by molar-refractivity contribution is 5.85. The molecular weight excluding hydrogens is 800 g/mol. The molecule has 0 spiro atoms. The number of benzene rings is 2. The van der Waals surface area contributed by atoms with Crippen molar-refractivity contribution in [3.8, 4) is 5.75 Å². The number of nitrogens with zero attached hydrogens (tertiary/aromatic N) is 10. The standard InChI is InChI=1S/C41H50F3N11O6/c1-28-38(57)51(3)23-24-52(28)25-26-59-33-14-12-30(13-15-33)31-18-21-53(22-19-31)35-16-17-36-54(49-39(41(42,43)44)55(36)48-35)29(2)61-40(58)47-34-10-7-6-9-32(34)27-60-37(56)11-5-4-8-20-46-50-45/h6-7,9-10,12-17,28-29,31H,4-5,8,11,18-27H2,1-3H3/p+1/t28-,29?/m1/s1. The molecule has 2 amide bonds. The van der Waals surface area contributed by atoms with E-state index in [4.69, 9.17) is 19.7 Å². The van der Waals surface area contributed by atoms with Crippen molar-refractivity contribution >= 4 is 35.1 Å². The van der Waals surface area contributed by atoms with Crippen LogP contribution < -0.4 is 19.6 Å². The van der Waals surface area contributed by atoms with Gasteiger partial charge in [0.2, 0.25) is 5.91 Å². The molecule has 2 aliphatic rings. The molecule has 0 radical (unpaired) electrons. The van der Waals surface area contributed by atoms with Crippen LogP contribution in [0.4, 0.5) is 29.5 Å². The molecule has 0 aliphatic carbocycles. The number of fused-ring (bicyclic) bond motifs is 1. The smallest absolute Gasteiger partial charge is 0.479 e. The first kappa shape index (κ1) is 44.4. The molecule has 0 saturated carbocycles. The van der Waals surface area contributed by atoms with Crippen LogP contribution in [0.2, 0.25) is 0 Å². The van der Waals surface area contributed by atoms with Crippen molar-refractivity contribution in [2.24, 2.45) is 5.11 Å². The Morgan fingerprint density at radius 1 is 1.03 bits per heavy atom. The summed E-state index contributed by atoms with van der Waals surface area (Å²) >= 11 is 0. The highest BCUT2D eigenvalue weighted by Crippen LogP contribution is 2.32. The molecule has 2 atom stereocenters. The second kappa shape index (κ2) is 20.4. The van der Waals surface area contributed by atoms with Crippen LogP contribution in [0.15, 0.2) is 65.8 Å². The van der Waals surface area contributed by atoms with Gasteiger partial charge in [0, 0.05) is 76.2 Å². The zero-order chi connectivity index (χ0) is 43.5. The van der Waals surface area contributed by atoms with Crippen molar-refractivity contribution < 1.29 is 46.4 Å². The van der Waals surface area contributed by atoms with Crippen molar-refractivity contribution in [1.82, 2.24) is 24.5 Å². The van der Waals surface area contributed by atoms with Gasteiger partial charge in [-0.1, -0.05) is 56.2 Å². The minimum Gasteiger partial charge on any atom is -0.492 e. The molecule has 61 heavy (non-hydrogen) atoms. The molecule has 2 aromatic heterocycles. The molecule has 1 N–H and O–H groups in total. The van der Waals surface area contributed by atoms with Crippen LogP contribution >= 0.6 is 0 Å². The van der Waals surface area contributed by atoms with Gasteiger partial charge in [-0.25, -0.2) is 4.79 Å². The van der Waals surface area contributed by atoms with E-state index in [2.05, 4.69) is 30.4 Å². The zero-order valence-electron chi connectivity index (χ0n) is 34.5. The fourth-order valence-corrected chi connectivity index (χ4v) is 7.48. The van der Waals surface area contributed by atoms with E-state index in [1.54, 1.807) is 35.2 Å². The van der Waals surface area contributed by atoms with Crippen LogP contribution in [-0.2, 0) is 31.8 Å². The summed E-state index contributed by atoms with van der Waals surface area (Å²) in [7, 11) is 1.82. The number of unbranched alkanes of at least 4 members (excludes halogenated alkanes) is 2. The summed E-state index contributed by atoms with van der Waals surface area (Å²) in [4.78, 5) is 46.1. The fourth-order valence-electron chi connectivity index (χ4n) is 7.48. The highest BCUT2D eigenvalue weighted by Gasteiger charge is 2.45. The van der Waals surface area contributed by atoms with Gasteiger partial charge < -0.3 is 24.0 Å². The van der Waals surface area contributed by atoms with E-state index in [9.17, 15) is 27.6 Å². The lowest BCUT2D eigenvalue weighted by Crippen LogP contribution is -2.55. The Hall–Kier alpha value is -6.14. The van der Waals surface area contributed by atoms with E-state index in [-0.39, 0.29) is 36.5 Å². The van der Waals surface area contributed by atoms with Gasteiger partial charge in [0.25, 0.3) is 6.23 Å². The van der Waals surface area contributed by atoms with Crippen LogP contribution in [0.3, 0.4) is 0 Å². The molecular formula is C41H51F3N11O6+. The van der Waals surface area contributed by atoms with Gasteiger partial charge in [0.15, 0.2) is 5.82 Å². The summed E-state index contributed by atoms with van der Waals surface area (Å²) in [5.41, 5.74) is 10.2. The molecule has 2 aromatic carbocycles. The van der Waals surface area contributed by atoms with E-state index in [0.717, 1.165) is 39.9 Å². The Morgan fingerprint density at radius 3 is 2.52 bits per heavy atom. The van der Waals surface area contributed by atoms with Gasteiger partial charge in [0.1, 0.15) is 19.0 Å². The minimum atomic E-state index is -4.87. The Labute approximate surface area is 351 Å². The van der Waals surface area contributed by atoms with Crippen LogP contribution in [0.25, 0.3) is 16.1 Å². The quantitative estimate of drug-likeness (QED) is 0.0302. The van der Waals surface area contributed by atoms with E-state index < -0.39 is 30.3 Å². The van der Waals surface area contributed by atoms with Crippen molar-refractivity contribution in [2.75, 3.05) is 63.1 Å². The lowest BCUT2D eigenvalue weighted by atomic mass is 9.89. The van der Waals surface area contributed by atoms with Crippen LogP contribution in [0.5, 0.6) is 5.75 Å². The second-order valence-electron chi connectivity index (χ2n) is 15.1. The van der Waals surface area contributed by atoms with Crippen LogP contribution in [0, 0.1) is 0 Å². The minimum absolute atomic E-state index is 0.0368. The maximum absolute atomic E-state index is 14.3. The molecule has 2 aliphatic heterocycles. The monoisotopic (exact) mass is 850 g/mol. The topological polar surface area (TPSA) is 183 Å². The molecule has 4 heterocycles. The number of rotatable bonds is 17. The number of halogens is 3. The van der Waals surface area contributed by atoms with Gasteiger partial charge in [-0.05, 0) is 79.0 Å². The summed E-state index contributed by atoms with van der Waals surface area (Å²) in [6, 6.07) is 17.5. The number of aromatic nitrogens is 4. The molecule has 17 nitrogen and oxygen atoms in total. The lowest BCUT2D eigenvalue weighted by Gasteiger charge is -2.37. The third-order valence-corrected chi connectivity index (χ3v) is 11.0. The van der Waals surface area contributed by atoms with Gasteiger partial charge in [-0.3, -0.25) is 19.8 Å². The summed E-state index contributed by atoms with van der Waals surface area (Å²) < 4.78 is 61.5. The highest BCUT2D eigenvalue weighted by atomic mass is 19.4. The number of azide groups is 1. The predicted octanol–water partition coefficient (Wildman–Crippen LogP) is 6.64. The Kier molecular flexibility index (Phi) is 14.9. The van der Waals surface area contributed by atoms with Crippen molar-refractivity contribution in [2.45, 2.75) is 83.3 Å². The fraction of sp³-hybridized carbons (Fsp3) is 0.512. The number of para-hydroxylation sites is 1. The predicted molar refractivity (Wildman–Crippen MR) is 217 cm³/mol. The average Bonchev–Trinajstić information content (AvgIpc) is 3.65. The van der Waals surface area contributed by atoms with Crippen molar-refractivity contribution in [3.63, 3.8) is 0 Å². The van der Waals surface area contributed by atoms with E-state index in [0.29, 0.717) is 75.7 Å². The first-order valence-corrected chi connectivity index (χ1v) is 20.4. The lowest BCUT2D eigenvalue weighted by molar-refractivity contribution is -0.781. The molecule has 1 unspecified atom stereocenters. The SMILES string of the molecule is CC(OC(=O)Nc1ccccc1COC(=O)CCCCCN=[N+]=[N-])[n+]1nc(C(F)(F)F)n2nc(N3CCC(c4ccc(OCCN5CCN(C)C(=O)[C@H]5C)cc4)CC3)ccc21. The Morgan fingerprint density at radius 2 is 1.79 bits per heavy atom. The molecule has 4 aromatic rings. The third-order valence-electron chi connectivity index (χ3n) is 11.0. The van der Waals surface area contributed by atoms with Gasteiger partial charge >= 0.3 is 29.7 Å².